The molecule has 0 aliphatic heterocycles. The van der Waals surface area contributed by atoms with Crippen molar-refractivity contribution in [3.05, 3.63) is 41.4 Å². The number of oxazole rings is 1. The average Bonchev–Trinajstić information content (AvgIpc) is 2.85. The van der Waals surface area contributed by atoms with Crippen LogP contribution in [0.5, 0.6) is 0 Å². The largest absolute Gasteiger partial charge is 0.451 e. The number of ether oxygens (including phenoxy) is 1. The first-order valence-electron chi connectivity index (χ1n) is 5.23. The van der Waals surface area contributed by atoms with Crippen LogP contribution in [0, 0.1) is 0 Å². The van der Waals surface area contributed by atoms with Crippen molar-refractivity contribution in [1.82, 2.24) is 4.98 Å². The zero-order valence-corrected chi connectivity index (χ0v) is 10.4. The van der Waals surface area contributed by atoms with Gasteiger partial charge in [0.15, 0.2) is 24.5 Å². The summed E-state index contributed by atoms with van der Waals surface area (Å²) >= 11 is 6.01. The molecule has 2 N–H and O–H groups in total. The molecule has 1 amide bonds. The lowest BCUT2D eigenvalue weighted by Gasteiger charge is -2.03. The molecule has 0 aliphatic carbocycles. The number of benzene rings is 1. The van der Waals surface area contributed by atoms with E-state index in [1.54, 1.807) is 24.3 Å². The Hall–Kier alpha value is -2.34. The molecular formula is C12H9ClN2O4. The Morgan fingerprint density at radius 3 is 2.79 bits per heavy atom. The van der Waals surface area contributed by atoms with Crippen molar-refractivity contribution >= 4 is 23.5 Å². The minimum absolute atomic E-state index is 0.0608. The van der Waals surface area contributed by atoms with E-state index < -0.39 is 18.5 Å². The molecule has 1 aromatic carbocycles. The Kier molecular flexibility index (Phi) is 3.82. The van der Waals surface area contributed by atoms with Crippen LogP contribution in [0.4, 0.5) is 0 Å². The predicted molar refractivity (Wildman–Crippen MR) is 66.4 cm³/mol. The molecule has 0 bridgehead atoms. The highest BCUT2D eigenvalue weighted by Crippen LogP contribution is 2.30. The number of carbonyl (C=O) groups is 2. The summed E-state index contributed by atoms with van der Waals surface area (Å²) in [5.74, 6) is -1.38. The van der Waals surface area contributed by atoms with Crippen LogP contribution < -0.4 is 5.73 Å². The van der Waals surface area contributed by atoms with Crippen LogP contribution in [0.1, 0.15) is 10.5 Å². The second-order valence-electron chi connectivity index (χ2n) is 3.55. The van der Waals surface area contributed by atoms with E-state index in [4.69, 9.17) is 21.8 Å². The van der Waals surface area contributed by atoms with Crippen LogP contribution in [-0.4, -0.2) is 23.5 Å². The molecular weight excluding hydrogens is 272 g/mol. The molecule has 0 saturated carbocycles. The molecule has 0 unspecified atom stereocenters. The van der Waals surface area contributed by atoms with Crippen molar-refractivity contribution in [3.63, 3.8) is 0 Å². The normalized spacial score (nSPS) is 10.2. The Labute approximate surface area is 113 Å². The van der Waals surface area contributed by atoms with Crippen LogP contribution >= 0.6 is 11.6 Å². The zero-order chi connectivity index (χ0) is 13.8. The SMILES string of the molecule is NC(=O)COC(=O)c1ncoc1-c1ccccc1Cl. The van der Waals surface area contributed by atoms with Crippen LogP contribution in [0.25, 0.3) is 11.3 Å². The highest BCUT2D eigenvalue weighted by molar-refractivity contribution is 6.33. The van der Waals surface area contributed by atoms with Gasteiger partial charge in [-0.05, 0) is 12.1 Å². The zero-order valence-electron chi connectivity index (χ0n) is 9.63. The van der Waals surface area contributed by atoms with E-state index in [9.17, 15) is 9.59 Å². The number of carbonyl (C=O) groups excluding carboxylic acids is 2. The van der Waals surface area contributed by atoms with Crippen molar-refractivity contribution in [2.45, 2.75) is 0 Å². The van der Waals surface area contributed by atoms with E-state index in [0.717, 1.165) is 6.39 Å². The van der Waals surface area contributed by atoms with E-state index in [0.29, 0.717) is 10.6 Å². The molecule has 0 fully saturated rings. The maximum Gasteiger partial charge on any atom is 0.361 e. The number of rotatable bonds is 4. The molecule has 6 nitrogen and oxygen atoms in total. The van der Waals surface area contributed by atoms with Gasteiger partial charge in [-0.3, -0.25) is 4.79 Å². The Balaban J connectivity index is 2.30. The highest BCUT2D eigenvalue weighted by atomic mass is 35.5. The number of primary amides is 1. The fraction of sp³-hybridized carbons (Fsp3) is 0.0833. The molecule has 2 rings (SSSR count). The van der Waals surface area contributed by atoms with Gasteiger partial charge in [0, 0.05) is 5.56 Å². The fourth-order valence-electron chi connectivity index (χ4n) is 1.43. The van der Waals surface area contributed by atoms with Gasteiger partial charge >= 0.3 is 5.97 Å². The molecule has 0 aliphatic rings. The van der Waals surface area contributed by atoms with Gasteiger partial charge in [-0.2, -0.15) is 0 Å². The van der Waals surface area contributed by atoms with Gasteiger partial charge in [-0.15, -0.1) is 0 Å². The van der Waals surface area contributed by atoms with Gasteiger partial charge in [0.1, 0.15) is 0 Å². The molecule has 0 radical (unpaired) electrons. The maximum atomic E-state index is 11.7. The number of nitrogens with two attached hydrogens (primary N) is 1. The smallest absolute Gasteiger partial charge is 0.361 e. The van der Waals surface area contributed by atoms with Crippen molar-refractivity contribution < 1.29 is 18.7 Å². The van der Waals surface area contributed by atoms with Gasteiger partial charge in [0.05, 0.1) is 5.02 Å². The summed E-state index contributed by atoms with van der Waals surface area (Å²) in [6.07, 6.45) is 1.10. The molecule has 98 valence electrons. The molecule has 1 heterocycles. The van der Waals surface area contributed by atoms with Crippen molar-refractivity contribution in [2.75, 3.05) is 6.61 Å². The Bertz CT molecular complexity index is 624. The monoisotopic (exact) mass is 280 g/mol. The molecule has 7 heteroatoms. The quantitative estimate of drug-likeness (QED) is 0.859. The maximum absolute atomic E-state index is 11.7. The lowest BCUT2D eigenvalue weighted by atomic mass is 10.1. The second-order valence-corrected chi connectivity index (χ2v) is 3.96. The third-order valence-corrected chi connectivity index (χ3v) is 2.55. The van der Waals surface area contributed by atoms with Crippen LogP contribution in [0.2, 0.25) is 5.02 Å². The third-order valence-electron chi connectivity index (χ3n) is 2.22. The van der Waals surface area contributed by atoms with Gasteiger partial charge in [-0.1, -0.05) is 23.7 Å². The molecule has 0 spiro atoms. The molecule has 0 atom stereocenters. The number of nitrogens with zero attached hydrogens (tertiary/aromatic N) is 1. The van der Waals surface area contributed by atoms with Crippen molar-refractivity contribution in [1.29, 1.82) is 0 Å². The number of esters is 1. The first kappa shape index (κ1) is 13.1. The minimum atomic E-state index is -0.803. The molecule has 2 aromatic rings. The first-order chi connectivity index (χ1) is 9.09. The molecule has 1 aromatic heterocycles. The Morgan fingerprint density at radius 2 is 2.11 bits per heavy atom. The molecule has 19 heavy (non-hydrogen) atoms. The summed E-state index contributed by atoms with van der Waals surface area (Å²) in [6, 6.07) is 6.81. The van der Waals surface area contributed by atoms with Gasteiger partial charge in [0.25, 0.3) is 5.91 Å². The van der Waals surface area contributed by atoms with Gasteiger partial charge < -0.3 is 14.9 Å². The van der Waals surface area contributed by atoms with E-state index in [-0.39, 0.29) is 11.5 Å². The van der Waals surface area contributed by atoms with Crippen molar-refractivity contribution in [3.8, 4) is 11.3 Å². The number of halogens is 1. The van der Waals surface area contributed by atoms with Crippen LogP contribution in [0.3, 0.4) is 0 Å². The summed E-state index contributed by atoms with van der Waals surface area (Å²) < 4.78 is 9.82. The summed E-state index contributed by atoms with van der Waals surface area (Å²) in [5, 5.41) is 0.406. The standard InChI is InChI=1S/C12H9ClN2O4/c13-8-4-2-1-3-7(8)11-10(15-6-19-11)12(17)18-5-9(14)16/h1-4,6H,5H2,(H2,14,16). The molecule has 0 saturated heterocycles. The number of amides is 1. The highest BCUT2D eigenvalue weighted by Gasteiger charge is 2.21. The fourth-order valence-corrected chi connectivity index (χ4v) is 1.65. The van der Waals surface area contributed by atoms with E-state index in [2.05, 4.69) is 9.72 Å². The van der Waals surface area contributed by atoms with Crippen LogP contribution in [-0.2, 0) is 9.53 Å². The minimum Gasteiger partial charge on any atom is -0.451 e. The van der Waals surface area contributed by atoms with E-state index in [1.807, 2.05) is 0 Å². The third kappa shape index (κ3) is 2.92. The average molecular weight is 281 g/mol. The summed E-state index contributed by atoms with van der Waals surface area (Å²) in [4.78, 5) is 26.0. The van der Waals surface area contributed by atoms with E-state index >= 15 is 0 Å². The summed E-state index contributed by atoms with van der Waals surface area (Å²) in [5.41, 5.74) is 5.33. The summed E-state index contributed by atoms with van der Waals surface area (Å²) in [6.45, 7) is -0.520. The second kappa shape index (κ2) is 5.53. The Morgan fingerprint density at radius 1 is 1.37 bits per heavy atom. The van der Waals surface area contributed by atoms with Gasteiger partial charge in [-0.25, -0.2) is 9.78 Å². The first-order valence-corrected chi connectivity index (χ1v) is 5.61. The summed E-state index contributed by atoms with van der Waals surface area (Å²) in [7, 11) is 0. The predicted octanol–water partition coefficient (Wildman–Crippen LogP) is 1.64. The van der Waals surface area contributed by atoms with Crippen molar-refractivity contribution in [2.24, 2.45) is 5.73 Å². The van der Waals surface area contributed by atoms with Crippen LogP contribution in [0.15, 0.2) is 35.1 Å². The topological polar surface area (TPSA) is 95.4 Å². The lowest BCUT2D eigenvalue weighted by molar-refractivity contribution is -0.121. The number of hydrogen-bond acceptors (Lipinski definition) is 5. The van der Waals surface area contributed by atoms with E-state index in [1.165, 1.54) is 0 Å². The number of hydrogen-bond donors (Lipinski definition) is 1. The number of aromatic nitrogens is 1. The lowest BCUT2D eigenvalue weighted by Crippen LogP contribution is -2.21. The van der Waals surface area contributed by atoms with Gasteiger partial charge in [0.2, 0.25) is 0 Å².